The van der Waals surface area contributed by atoms with Crippen molar-refractivity contribution in [3.05, 3.63) is 34.6 Å². The third kappa shape index (κ3) is 2.59. The van der Waals surface area contributed by atoms with Gasteiger partial charge in [0.2, 0.25) is 0 Å². The number of halogens is 2. The average Bonchev–Trinajstić information content (AvgIpc) is 2.42. The maximum Gasteiger partial charge on any atom is 0.142 e. The van der Waals surface area contributed by atoms with Crippen molar-refractivity contribution in [1.82, 2.24) is 5.32 Å². The summed E-state index contributed by atoms with van der Waals surface area (Å²) < 4.78 is 19.7. The number of benzene rings is 1. The molecule has 2 atom stereocenters. The molecular weight excluding hydrogens is 277 g/mol. The molecule has 2 fully saturated rings. The Bertz CT molecular complexity index is 489. The van der Waals surface area contributed by atoms with E-state index in [-0.39, 0.29) is 22.5 Å². The Kier molecular flexibility index (Phi) is 4.02. The monoisotopic (exact) mass is 297 g/mol. The average molecular weight is 298 g/mol. The molecular formula is C16H21ClFNO. The summed E-state index contributed by atoms with van der Waals surface area (Å²) in [6.45, 7) is 0.818. The quantitative estimate of drug-likeness (QED) is 0.907. The van der Waals surface area contributed by atoms with Crippen molar-refractivity contribution in [2.24, 2.45) is 5.92 Å². The molecule has 1 saturated carbocycles. The summed E-state index contributed by atoms with van der Waals surface area (Å²) in [5.74, 6) is 0.157. The molecule has 4 heteroatoms. The van der Waals surface area contributed by atoms with Crippen LogP contribution in [0.1, 0.15) is 43.7 Å². The molecule has 1 heterocycles. The minimum atomic E-state index is -0.338. The van der Waals surface area contributed by atoms with Crippen LogP contribution in [0.4, 0.5) is 4.39 Å². The maximum atomic E-state index is 13.7. The molecule has 1 saturated heterocycles. The Morgan fingerprint density at radius 2 is 2.25 bits per heavy atom. The van der Waals surface area contributed by atoms with Crippen molar-refractivity contribution in [1.29, 1.82) is 0 Å². The zero-order valence-electron chi connectivity index (χ0n) is 11.8. The van der Waals surface area contributed by atoms with Gasteiger partial charge in [0.1, 0.15) is 5.82 Å². The van der Waals surface area contributed by atoms with Crippen LogP contribution in [0.3, 0.4) is 0 Å². The molecule has 1 N–H and O–H groups in total. The number of hydrogen-bond donors (Lipinski definition) is 1. The molecule has 0 bridgehead atoms. The highest BCUT2D eigenvalue weighted by Gasteiger charge is 2.44. The number of ether oxygens (including phenoxy) is 1. The van der Waals surface area contributed by atoms with E-state index in [9.17, 15) is 4.39 Å². The zero-order chi connectivity index (χ0) is 14.2. The summed E-state index contributed by atoms with van der Waals surface area (Å²) in [6, 6.07) is 5.31. The van der Waals surface area contributed by atoms with E-state index in [1.54, 1.807) is 12.1 Å². The largest absolute Gasteiger partial charge is 0.375 e. The highest BCUT2D eigenvalue weighted by molar-refractivity contribution is 6.30. The van der Waals surface area contributed by atoms with Crippen molar-refractivity contribution in [3.63, 3.8) is 0 Å². The fraction of sp³-hybridized carbons (Fsp3) is 0.625. The van der Waals surface area contributed by atoms with Crippen LogP contribution >= 0.6 is 11.6 Å². The molecule has 0 aromatic heterocycles. The minimum absolute atomic E-state index is 0.114. The lowest BCUT2D eigenvalue weighted by atomic mass is 9.69. The Morgan fingerprint density at radius 3 is 2.85 bits per heavy atom. The van der Waals surface area contributed by atoms with Crippen molar-refractivity contribution in [2.45, 2.75) is 43.7 Å². The van der Waals surface area contributed by atoms with Crippen LogP contribution in [0.5, 0.6) is 0 Å². The number of nitrogens with one attached hydrogen (secondary N) is 1. The fourth-order valence-electron chi connectivity index (χ4n) is 3.65. The van der Waals surface area contributed by atoms with Crippen molar-refractivity contribution < 1.29 is 9.13 Å². The molecule has 0 amide bonds. The van der Waals surface area contributed by atoms with Crippen LogP contribution in [-0.4, -0.2) is 19.3 Å². The van der Waals surface area contributed by atoms with Gasteiger partial charge in [0.05, 0.1) is 10.6 Å². The molecule has 1 aliphatic heterocycles. The summed E-state index contributed by atoms with van der Waals surface area (Å²) in [7, 11) is 1.94. The Hall–Kier alpha value is -0.640. The van der Waals surface area contributed by atoms with Gasteiger partial charge < -0.3 is 10.1 Å². The number of hydrogen-bond acceptors (Lipinski definition) is 2. The molecule has 3 rings (SSSR count). The van der Waals surface area contributed by atoms with E-state index < -0.39 is 0 Å². The van der Waals surface area contributed by atoms with Gasteiger partial charge in [-0.3, -0.25) is 0 Å². The van der Waals surface area contributed by atoms with Gasteiger partial charge in [-0.25, -0.2) is 4.39 Å². The molecule has 110 valence electrons. The first-order valence-corrected chi connectivity index (χ1v) is 7.77. The smallest absolute Gasteiger partial charge is 0.142 e. The molecule has 1 spiro atoms. The van der Waals surface area contributed by atoms with E-state index in [4.69, 9.17) is 16.3 Å². The van der Waals surface area contributed by atoms with Crippen LogP contribution in [-0.2, 0) is 4.74 Å². The maximum absolute atomic E-state index is 13.7. The van der Waals surface area contributed by atoms with E-state index in [0.29, 0.717) is 5.92 Å². The Morgan fingerprint density at radius 1 is 1.45 bits per heavy atom. The normalized spacial score (nSPS) is 26.2. The summed E-state index contributed by atoms with van der Waals surface area (Å²) >= 11 is 5.78. The van der Waals surface area contributed by atoms with E-state index in [2.05, 4.69) is 5.32 Å². The van der Waals surface area contributed by atoms with Gasteiger partial charge in [-0.1, -0.05) is 17.7 Å². The van der Waals surface area contributed by atoms with Gasteiger partial charge in [-0.2, -0.15) is 0 Å². The van der Waals surface area contributed by atoms with Gasteiger partial charge in [0.15, 0.2) is 0 Å². The van der Waals surface area contributed by atoms with Gasteiger partial charge in [0, 0.05) is 12.6 Å². The Balaban J connectivity index is 1.79. The second-order valence-electron chi connectivity index (χ2n) is 6.08. The van der Waals surface area contributed by atoms with Gasteiger partial charge >= 0.3 is 0 Å². The lowest BCUT2D eigenvalue weighted by Crippen LogP contribution is -2.47. The molecule has 1 aromatic carbocycles. The van der Waals surface area contributed by atoms with Crippen LogP contribution in [0, 0.1) is 11.7 Å². The predicted octanol–water partition coefficient (Wildman–Crippen LogP) is 4.09. The second kappa shape index (κ2) is 5.63. The first kappa shape index (κ1) is 14.3. The molecule has 1 aromatic rings. The standard InChI is InChI=1S/C16H21ClFNO/c1-19-15(11-3-4-13(17)14(18)9-11)12-5-8-20-16(10-12)6-2-7-16/h3-4,9,12,15,19H,2,5-8,10H2,1H3. The minimum Gasteiger partial charge on any atom is -0.375 e. The molecule has 2 aliphatic rings. The predicted molar refractivity (Wildman–Crippen MR) is 78.5 cm³/mol. The van der Waals surface area contributed by atoms with Crippen LogP contribution in [0.2, 0.25) is 5.02 Å². The van der Waals surface area contributed by atoms with Crippen molar-refractivity contribution in [3.8, 4) is 0 Å². The third-order valence-electron chi connectivity index (χ3n) is 4.88. The van der Waals surface area contributed by atoms with Crippen molar-refractivity contribution >= 4 is 11.6 Å². The zero-order valence-corrected chi connectivity index (χ0v) is 12.5. The summed E-state index contributed by atoms with van der Waals surface area (Å²) in [5.41, 5.74) is 1.10. The van der Waals surface area contributed by atoms with E-state index >= 15 is 0 Å². The van der Waals surface area contributed by atoms with E-state index in [1.165, 1.54) is 19.3 Å². The molecule has 2 unspecified atom stereocenters. The lowest BCUT2D eigenvalue weighted by Gasteiger charge is -2.48. The molecule has 0 radical (unpaired) electrons. The first-order valence-electron chi connectivity index (χ1n) is 7.40. The van der Waals surface area contributed by atoms with Gasteiger partial charge in [-0.05, 0) is 62.8 Å². The molecule has 1 aliphatic carbocycles. The summed E-state index contributed by atoms with van der Waals surface area (Å²) in [6.07, 6.45) is 5.72. The summed E-state index contributed by atoms with van der Waals surface area (Å²) in [5, 5.41) is 3.54. The first-order chi connectivity index (χ1) is 9.63. The number of rotatable bonds is 3. The second-order valence-corrected chi connectivity index (χ2v) is 6.48. The summed E-state index contributed by atoms with van der Waals surface area (Å²) in [4.78, 5) is 0. The highest BCUT2D eigenvalue weighted by atomic mass is 35.5. The van der Waals surface area contributed by atoms with Gasteiger partial charge in [0.25, 0.3) is 0 Å². The van der Waals surface area contributed by atoms with E-state index in [0.717, 1.165) is 25.0 Å². The van der Waals surface area contributed by atoms with Crippen LogP contribution in [0.15, 0.2) is 18.2 Å². The van der Waals surface area contributed by atoms with Crippen molar-refractivity contribution in [2.75, 3.05) is 13.7 Å². The highest BCUT2D eigenvalue weighted by Crippen LogP contribution is 2.47. The van der Waals surface area contributed by atoms with Crippen LogP contribution < -0.4 is 5.32 Å². The topological polar surface area (TPSA) is 21.3 Å². The third-order valence-corrected chi connectivity index (χ3v) is 5.19. The lowest BCUT2D eigenvalue weighted by molar-refractivity contribution is -0.147. The fourth-order valence-corrected chi connectivity index (χ4v) is 3.77. The molecule has 20 heavy (non-hydrogen) atoms. The SMILES string of the molecule is CNC(c1ccc(Cl)c(F)c1)C1CCOC2(CCC2)C1. The van der Waals surface area contributed by atoms with E-state index in [1.807, 2.05) is 13.1 Å². The Labute approximate surface area is 124 Å². The van der Waals surface area contributed by atoms with Crippen LogP contribution in [0.25, 0.3) is 0 Å². The molecule has 2 nitrogen and oxygen atoms in total. The van der Waals surface area contributed by atoms with Gasteiger partial charge in [-0.15, -0.1) is 0 Å².